The summed E-state index contributed by atoms with van der Waals surface area (Å²) in [5.41, 5.74) is 0. The zero-order chi connectivity index (χ0) is 8.74. The summed E-state index contributed by atoms with van der Waals surface area (Å²) in [7, 11) is -3.22. The van der Waals surface area contributed by atoms with Crippen LogP contribution in [-0.4, -0.2) is 19.8 Å². The predicted octanol–water partition coefficient (Wildman–Crippen LogP) is 3.47. The van der Waals surface area contributed by atoms with E-state index in [1.807, 2.05) is 0 Å². The van der Waals surface area contributed by atoms with Crippen LogP contribution in [0.2, 0.25) is 0 Å². The summed E-state index contributed by atoms with van der Waals surface area (Å²) in [6.07, 6.45) is 0. The average molecular weight is 292 g/mol. The molecule has 0 aliphatic rings. The van der Waals surface area contributed by atoms with Gasteiger partial charge in [-0.15, -0.1) is 37.2 Å². The molecule has 0 aromatic rings. The first-order valence-electron chi connectivity index (χ1n) is 3.72. The maximum atomic E-state index is 11.3. The molecular weight excluding hydrogens is 273 g/mol. The maximum Gasteiger partial charge on any atom is 0.474 e. The molecule has 0 saturated carbocycles. The summed E-state index contributed by atoms with van der Waals surface area (Å²) in [6, 6.07) is 0. The summed E-state index contributed by atoms with van der Waals surface area (Å²) in [5, 5.41) is 0. The highest BCUT2D eigenvalue weighted by atomic mass is 35.5. The van der Waals surface area contributed by atoms with Gasteiger partial charge < -0.3 is 0 Å². The van der Waals surface area contributed by atoms with Crippen molar-refractivity contribution in [3.63, 3.8) is 0 Å². The molecule has 0 radical (unpaired) electrons. The fourth-order valence-electron chi connectivity index (χ4n) is 0.586. The molecule has 0 aromatic heterocycles. The van der Waals surface area contributed by atoms with Gasteiger partial charge >= 0.3 is 7.82 Å². The SMILES string of the molecule is CCOP(=O)(OCC)OCC.Cl.Cl.Cl. The summed E-state index contributed by atoms with van der Waals surface area (Å²) >= 11 is 0. The lowest BCUT2D eigenvalue weighted by Gasteiger charge is -2.14. The highest BCUT2D eigenvalue weighted by Gasteiger charge is 2.23. The average Bonchev–Trinajstić information content (AvgIpc) is 1.88. The largest absolute Gasteiger partial charge is 0.474 e. The van der Waals surface area contributed by atoms with E-state index >= 15 is 0 Å². The van der Waals surface area contributed by atoms with Gasteiger partial charge in [0.25, 0.3) is 0 Å². The van der Waals surface area contributed by atoms with Crippen molar-refractivity contribution in [3.8, 4) is 0 Å². The Morgan fingerprint density at radius 1 is 0.786 bits per heavy atom. The van der Waals surface area contributed by atoms with Crippen molar-refractivity contribution in [3.05, 3.63) is 0 Å². The molecule has 92 valence electrons. The molecule has 4 nitrogen and oxygen atoms in total. The highest BCUT2D eigenvalue weighted by molar-refractivity contribution is 7.48. The Labute approximate surface area is 104 Å². The maximum absolute atomic E-state index is 11.3. The van der Waals surface area contributed by atoms with Gasteiger partial charge in [-0.1, -0.05) is 0 Å². The quantitative estimate of drug-likeness (QED) is 0.703. The molecule has 0 aliphatic carbocycles. The van der Waals surface area contributed by atoms with E-state index in [1.165, 1.54) is 0 Å². The zero-order valence-electron chi connectivity index (χ0n) is 8.43. The fraction of sp³-hybridized carbons (Fsp3) is 1.00. The third-order valence-corrected chi connectivity index (χ3v) is 2.58. The van der Waals surface area contributed by atoms with Gasteiger partial charge in [-0.3, -0.25) is 13.6 Å². The molecule has 0 unspecified atom stereocenters. The molecule has 0 heterocycles. The van der Waals surface area contributed by atoms with Gasteiger partial charge in [0.05, 0.1) is 19.8 Å². The molecule has 14 heavy (non-hydrogen) atoms. The van der Waals surface area contributed by atoms with Gasteiger partial charge in [0.15, 0.2) is 0 Å². The Morgan fingerprint density at radius 3 is 1.14 bits per heavy atom. The third kappa shape index (κ3) is 11.1. The summed E-state index contributed by atoms with van der Waals surface area (Å²) in [4.78, 5) is 0. The van der Waals surface area contributed by atoms with Crippen LogP contribution in [0.1, 0.15) is 20.8 Å². The third-order valence-electron chi connectivity index (χ3n) is 0.862. The minimum absolute atomic E-state index is 0. The molecular formula is C6H18Cl3O4P. The van der Waals surface area contributed by atoms with Crippen molar-refractivity contribution >= 4 is 45.0 Å². The Balaban J connectivity index is -0.000000167. The summed E-state index contributed by atoms with van der Waals surface area (Å²) < 4.78 is 25.8. The van der Waals surface area contributed by atoms with E-state index < -0.39 is 7.82 Å². The lowest BCUT2D eigenvalue weighted by molar-refractivity contribution is 0.126. The Morgan fingerprint density at radius 2 is 1.00 bits per heavy atom. The molecule has 0 saturated heterocycles. The van der Waals surface area contributed by atoms with Crippen molar-refractivity contribution in [1.82, 2.24) is 0 Å². The Bertz CT molecular complexity index is 123. The monoisotopic (exact) mass is 290 g/mol. The van der Waals surface area contributed by atoms with Crippen molar-refractivity contribution in [1.29, 1.82) is 0 Å². The van der Waals surface area contributed by atoms with Gasteiger partial charge in [-0.25, -0.2) is 4.57 Å². The number of halogens is 3. The molecule has 0 aromatic carbocycles. The summed E-state index contributed by atoms with van der Waals surface area (Å²) in [5.74, 6) is 0. The van der Waals surface area contributed by atoms with Crippen LogP contribution in [-0.2, 0) is 18.1 Å². The van der Waals surface area contributed by atoms with Crippen LogP contribution < -0.4 is 0 Å². The van der Waals surface area contributed by atoms with Crippen molar-refractivity contribution in [2.45, 2.75) is 20.8 Å². The number of rotatable bonds is 6. The van der Waals surface area contributed by atoms with Crippen LogP contribution in [0.4, 0.5) is 0 Å². The van der Waals surface area contributed by atoms with Crippen LogP contribution in [0.15, 0.2) is 0 Å². The molecule has 0 amide bonds. The predicted molar refractivity (Wildman–Crippen MR) is 64.2 cm³/mol. The molecule has 0 rings (SSSR count). The van der Waals surface area contributed by atoms with Crippen LogP contribution in [0.25, 0.3) is 0 Å². The van der Waals surface area contributed by atoms with E-state index in [-0.39, 0.29) is 37.2 Å². The van der Waals surface area contributed by atoms with E-state index in [0.717, 1.165) is 0 Å². The van der Waals surface area contributed by atoms with Gasteiger partial charge in [0.1, 0.15) is 0 Å². The first-order valence-corrected chi connectivity index (χ1v) is 5.18. The van der Waals surface area contributed by atoms with E-state index in [2.05, 4.69) is 0 Å². The topological polar surface area (TPSA) is 44.8 Å². The standard InChI is InChI=1S/C6H15O4P.3ClH/c1-4-8-11(7,9-5-2)10-6-3;;;/h4-6H2,1-3H3;3*1H. The van der Waals surface area contributed by atoms with Gasteiger partial charge in [-0.05, 0) is 20.8 Å². The minimum Gasteiger partial charge on any atom is -0.287 e. The Hall–Kier alpha value is 0.980. The van der Waals surface area contributed by atoms with Gasteiger partial charge in [-0.2, -0.15) is 0 Å². The lowest BCUT2D eigenvalue weighted by atomic mass is 10.9. The van der Waals surface area contributed by atoms with Crippen molar-refractivity contribution in [2.24, 2.45) is 0 Å². The lowest BCUT2D eigenvalue weighted by Crippen LogP contribution is -1.99. The van der Waals surface area contributed by atoms with E-state index in [4.69, 9.17) is 13.6 Å². The van der Waals surface area contributed by atoms with Crippen LogP contribution in [0.3, 0.4) is 0 Å². The van der Waals surface area contributed by atoms with E-state index in [1.54, 1.807) is 20.8 Å². The Kier molecular flexibility index (Phi) is 24.2. The first kappa shape index (κ1) is 24.3. The second-order valence-corrected chi connectivity index (χ2v) is 3.37. The van der Waals surface area contributed by atoms with E-state index in [9.17, 15) is 4.57 Å². The molecule has 0 N–H and O–H groups in total. The number of hydrogen-bond donors (Lipinski definition) is 0. The van der Waals surface area contributed by atoms with E-state index in [0.29, 0.717) is 19.8 Å². The molecule has 8 heteroatoms. The van der Waals surface area contributed by atoms with Crippen LogP contribution in [0, 0.1) is 0 Å². The van der Waals surface area contributed by atoms with Gasteiger partial charge in [0, 0.05) is 0 Å². The van der Waals surface area contributed by atoms with Crippen molar-refractivity contribution < 1.29 is 18.1 Å². The fourth-order valence-corrected chi connectivity index (χ4v) is 1.76. The van der Waals surface area contributed by atoms with Crippen molar-refractivity contribution in [2.75, 3.05) is 19.8 Å². The first-order chi connectivity index (χ1) is 5.18. The number of phosphoric ester groups is 1. The van der Waals surface area contributed by atoms with Gasteiger partial charge in [0.2, 0.25) is 0 Å². The summed E-state index contributed by atoms with van der Waals surface area (Å²) in [6.45, 7) is 6.21. The second-order valence-electron chi connectivity index (χ2n) is 1.70. The smallest absolute Gasteiger partial charge is 0.287 e. The molecule has 0 spiro atoms. The second kappa shape index (κ2) is 14.0. The highest BCUT2D eigenvalue weighted by Crippen LogP contribution is 2.48. The molecule has 0 atom stereocenters. The number of hydrogen-bond acceptors (Lipinski definition) is 4. The minimum atomic E-state index is -3.22. The zero-order valence-corrected chi connectivity index (χ0v) is 11.8. The number of phosphoric acid groups is 1. The molecule has 0 aliphatic heterocycles. The normalized spacial score (nSPS) is 9.36. The van der Waals surface area contributed by atoms with Crippen LogP contribution >= 0.6 is 45.0 Å². The molecule has 0 fully saturated rings. The molecule has 0 bridgehead atoms. The van der Waals surface area contributed by atoms with Crippen LogP contribution in [0.5, 0.6) is 0 Å².